The van der Waals surface area contributed by atoms with E-state index in [0.717, 1.165) is 25.7 Å². The Morgan fingerprint density at radius 2 is 1.88 bits per heavy atom. The van der Waals surface area contributed by atoms with E-state index in [-0.39, 0.29) is 5.60 Å². The lowest BCUT2D eigenvalue weighted by Crippen LogP contribution is -2.52. The molecule has 92 valence electrons. The molecule has 0 radical (unpaired) electrons. The van der Waals surface area contributed by atoms with Crippen LogP contribution in [0.3, 0.4) is 0 Å². The van der Waals surface area contributed by atoms with Gasteiger partial charge in [-0.25, -0.2) is 0 Å². The molecule has 3 aliphatic rings. The molecule has 0 amide bonds. The average Bonchev–Trinajstić information content (AvgIpc) is 2.83. The molecule has 0 aromatic rings. The molecule has 1 atom stereocenters. The number of nitrogens with one attached hydrogen (secondary N) is 1. The van der Waals surface area contributed by atoms with Gasteiger partial charge in [0.15, 0.2) is 0 Å². The van der Waals surface area contributed by atoms with Crippen molar-refractivity contribution < 1.29 is 4.74 Å². The topological polar surface area (TPSA) is 24.5 Å². The van der Waals surface area contributed by atoms with E-state index in [1.165, 1.54) is 51.6 Å². The molecule has 1 spiro atoms. The number of nitrogens with zero attached hydrogens (tertiary/aromatic N) is 1. The minimum atomic E-state index is 0.233. The van der Waals surface area contributed by atoms with Crippen molar-refractivity contribution in [2.75, 3.05) is 32.8 Å². The lowest BCUT2D eigenvalue weighted by Gasteiger charge is -2.46. The van der Waals surface area contributed by atoms with Crippen molar-refractivity contribution in [3.63, 3.8) is 0 Å². The molecule has 1 N–H and O–H groups in total. The van der Waals surface area contributed by atoms with E-state index < -0.39 is 0 Å². The predicted octanol–water partition coefficient (Wildman–Crippen LogP) is 1.38. The third-order valence-corrected chi connectivity index (χ3v) is 4.64. The second-order valence-electron chi connectivity index (χ2n) is 5.67. The highest BCUT2D eigenvalue weighted by Crippen LogP contribution is 2.35. The van der Waals surface area contributed by atoms with Crippen LogP contribution in [0.25, 0.3) is 0 Å². The standard InChI is InChI=1S/C13H24N2O/c1-2-9-15(8-1)12-3-10-16-13(11-12)4-6-14-7-5-13/h12,14H,1-11H2. The Labute approximate surface area is 98.5 Å². The molecule has 0 bridgehead atoms. The largest absolute Gasteiger partial charge is 0.375 e. The van der Waals surface area contributed by atoms with Gasteiger partial charge in [0.2, 0.25) is 0 Å². The molecule has 3 heteroatoms. The number of likely N-dealkylation sites (tertiary alicyclic amines) is 1. The van der Waals surface area contributed by atoms with Crippen LogP contribution < -0.4 is 5.32 Å². The molecule has 16 heavy (non-hydrogen) atoms. The van der Waals surface area contributed by atoms with Crippen LogP contribution >= 0.6 is 0 Å². The fraction of sp³-hybridized carbons (Fsp3) is 1.00. The summed E-state index contributed by atoms with van der Waals surface area (Å²) in [5.74, 6) is 0. The van der Waals surface area contributed by atoms with E-state index in [4.69, 9.17) is 4.74 Å². The van der Waals surface area contributed by atoms with Crippen LogP contribution in [-0.2, 0) is 4.74 Å². The Morgan fingerprint density at radius 1 is 1.12 bits per heavy atom. The van der Waals surface area contributed by atoms with E-state index >= 15 is 0 Å². The van der Waals surface area contributed by atoms with Crippen LogP contribution in [0.4, 0.5) is 0 Å². The van der Waals surface area contributed by atoms with E-state index in [1.54, 1.807) is 0 Å². The molecular weight excluding hydrogens is 200 g/mol. The molecule has 3 saturated heterocycles. The van der Waals surface area contributed by atoms with Gasteiger partial charge in [-0.05, 0) is 64.7 Å². The minimum Gasteiger partial charge on any atom is -0.375 e. The molecule has 3 nitrogen and oxygen atoms in total. The average molecular weight is 224 g/mol. The van der Waals surface area contributed by atoms with Crippen LogP contribution in [0.2, 0.25) is 0 Å². The van der Waals surface area contributed by atoms with Gasteiger partial charge in [0.25, 0.3) is 0 Å². The predicted molar refractivity (Wildman–Crippen MR) is 64.6 cm³/mol. The summed E-state index contributed by atoms with van der Waals surface area (Å²) >= 11 is 0. The molecule has 3 rings (SSSR count). The fourth-order valence-corrected chi connectivity index (χ4v) is 3.65. The molecule has 0 aromatic carbocycles. The van der Waals surface area contributed by atoms with Crippen molar-refractivity contribution in [1.82, 2.24) is 10.2 Å². The van der Waals surface area contributed by atoms with Gasteiger partial charge in [0.1, 0.15) is 0 Å². The third kappa shape index (κ3) is 2.13. The summed E-state index contributed by atoms with van der Waals surface area (Å²) in [6, 6.07) is 0.814. The normalized spacial score (nSPS) is 35.6. The SMILES string of the molecule is C1CCN(C2CCOC3(CCNCC3)C2)C1. The highest BCUT2D eigenvalue weighted by molar-refractivity contribution is 4.94. The maximum absolute atomic E-state index is 6.13. The maximum atomic E-state index is 6.13. The summed E-state index contributed by atoms with van der Waals surface area (Å²) in [4.78, 5) is 2.71. The van der Waals surface area contributed by atoms with Crippen molar-refractivity contribution in [3.8, 4) is 0 Å². The van der Waals surface area contributed by atoms with Gasteiger partial charge >= 0.3 is 0 Å². The van der Waals surface area contributed by atoms with Gasteiger partial charge in [-0.2, -0.15) is 0 Å². The first-order valence-corrected chi connectivity index (χ1v) is 6.97. The first-order valence-electron chi connectivity index (χ1n) is 6.97. The lowest BCUT2D eigenvalue weighted by atomic mass is 9.82. The molecule has 0 aliphatic carbocycles. The van der Waals surface area contributed by atoms with E-state index in [1.807, 2.05) is 0 Å². The number of hydrogen-bond acceptors (Lipinski definition) is 3. The molecule has 0 aromatic heterocycles. The second kappa shape index (κ2) is 4.63. The monoisotopic (exact) mass is 224 g/mol. The van der Waals surface area contributed by atoms with Crippen molar-refractivity contribution in [2.45, 2.75) is 50.2 Å². The summed E-state index contributed by atoms with van der Waals surface area (Å²) in [5, 5.41) is 3.45. The smallest absolute Gasteiger partial charge is 0.0721 e. The van der Waals surface area contributed by atoms with Crippen LogP contribution in [-0.4, -0.2) is 49.3 Å². The van der Waals surface area contributed by atoms with Crippen LogP contribution in [0.15, 0.2) is 0 Å². The first kappa shape index (κ1) is 11.0. The highest BCUT2D eigenvalue weighted by atomic mass is 16.5. The Morgan fingerprint density at radius 3 is 2.62 bits per heavy atom. The Kier molecular flexibility index (Phi) is 3.18. The zero-order chi connectivity index (χ0) is 10.8. The molecule has 3 fully saturated rings. The van der Waals surface area contributed by atoms with Gasteiger partial charge in [0, 0.05) is 12.6 Å². The molecule has 0 saturated carbocycles. The van der Waals surface area contributed by atoms with Crippen molar-refractivity contribution in [3.05, 3.63) is 0 Å². The molecular formula is C13H24N2O. The number of piperidine rings is 1. The zero-order valence-electron chi connectivity index (χ0n) is 10.2. The highest BCUT2D eigenvalue weighted by Gasteiger charge is 2.40. The summed E-state index contributed by atoms with van der Waals surface area (Å²) in [5.41, 5.74) is 0.233. The van der Waals surface area contributed by atoms with E-state index in [2.05, 4.69) is 10.2 Å². The van der Waals surface area contributed by atoms with Gasteiger partial charge in [-0.1, -0.05) is 0 Å². The number of hydrogen-bond donors (Lipinski definition) is 1. The van der Waals surface area contributed by atoms with Crippen LogP contribution in [0.1, 0.15) is 38.5 Å². The third-order valence-electron chi connectivity index (χ3n) is 4.64. The zero-order valence-corrected chi connectivity index (χ0v) is 10.2. The molecule has 1 unspecified atom stereocenters. The fourth-order valence-electron chi connectivity index (χ4n) is 3.65. The van der Waals surface area contributed by atoms with Crippen LogP contribution in [0, 0.1) is 0 Å². The number of ether oxygens (including phenoxy) is 1. The Hall–Kier alpha value is -0.120. The van der Waals surface area contributed by atoms with Gasteiger partial charge in [-0.3, -0.25) is 0 Å². The molecule has 3 aliphatic heterocycles. The summed E-state index contributed by atoms with van der Waals surface area (Å²) < 4.78 is 6.13. The first-order chi connectivity index (χ1) is 7.88. The van der Waals surface area contributed by atoms with Gasteiger partial charge < -0.3 is 15.0 Å². The van der Waals surface area contributed by atoms with Crippen LogP contribution in [0.5, 0.6) is 0 Å². The number of rotatable bonds is 1. The van der Waals surface area contributed by atoms with Crippen molar-refractivity contribution in [2.24, 2.45) is 0 Å². The second-order valence-corrected chi connectivity index (χ2v) is 5.67. The summed E-state index contributed by atoms with van der Waals surface area (Å²) in [6.07, 6.45) is 7.80. The Bertz CT molecular complexity index is 227. The van der Waals surface area contributed by atoms with Crippen molar-refractivity contribution in [1.29, 1.82) is 0 Å². The summed E-state index contributed by atoms with van der Waals surface area (Å²) in [6.45, 7) is 5.94. The quantitative estimate of drug-likeness (QED) is 0.728. The molecule has 3 heterocycles. The summed E-state index contributed by atoms with van der Waals surface area (Å²) in [7, 11) is 0. The lowest BCUT2D eigenvalue weighted by molar-refractivity contribution is -0.118. The minimum absolute atomic E-state index is 0.233. The van der Waals surface area contributed by atoms with Gasteiger partial charge in [0.05, 0.1) is 5.60 Å². The van der Waals surface area contributed by atoms with Crippen molar-refractivity contribution >= 4 is 0 Å². The van der Waals surface area contributed by atoms with Gasteiger partial charge in [-0.15, -0.1) is 0 Å². The Balaban J connectivity index is 1.64. The van der Waals surface area contributed by atoms with E-state index in [9.17, 15) is 0 Å². The maximum Gasteiger partial charge on any atom is 0.0721 e. The van der Waals surface area contributed by atoms with E-state index in [0.29, 0.717) is 0 Å².